The second-order valence-corrected chi connectivity index (χ2v) is 9.94. The van der Waals surface area contributed by atoms with Gasteiger partial charge in [-0.05, 0) is 70.7 Å². The smallest absolute Gasteiger partial charge is 0.259 e. The van der Waals surface area contributed by atoms with E-state index in [1.54, 1.807) is 0 Å². The van der Waals surface area contributed by atoms with Crippen LogP contribution in [-0.2, 0) is 13.0 Å². The molecule has 1 aliphatic rings. The summed E-state index contributed by atoms with van der Waals surface area (Å²) in [6.07, 6.45) is 3.69. The summed E-state index contributed by atoms with van der Waals surface area (Å²) < 4.78 is 11.6. The minimum Gasteiger partial charge on any atom is -0.491 e. The van der Waals surface area contributed by atoms with Crippen molar-refractivity contribution in [3.63, 3.8) is 0 Å². The van der Waals surface area contributed by atoms with Crippen LogP contribution in [0.4, 0.5) is 0 Å². The largest absolute Gasteiger partial charge is 0.491 e. The van der Waals surface area contributed by atoms with Gasteiger partial charge in [-0.3, -0.25) is 4.79 Å². The zero-order valence-corrected chi connectivity index (χ0v) is 22.1. The van der Waals surface area contributed by atoms with Gasteiger partial charge in [-0.25, -0.2) is 0 Å². The zero-order valence-electron chi connectivity index (χ0n) is 22.1. The van der Waals surface area contributed by atoms with Crippen LogP contribution in [-0.4, -0.2) is 54.2 Å². The summed E-state index contributed by atoms with van der Waals surface area (Å²) in [5.41, 5.74) is 5.12. The first-order valence-corrected chi connectivity index (χ1v) is 13.2. The molecule has 0 saturated carbocycles. The molecule has 1 unspecified atom stereocenters. The second-order valence-electron chi connectivity index (χ2n) is 9.94. The van der Waals surface area contributed by atoms with E-state index in [0.717, 1.165) is 43.8 Å². The SMILES string of the molecule is CCc1noc(C)c1C(=O)N1CCCC(c2ccccc2)CCN(C)Cc2cc(C)ccc2OCC1. The molecule has 2 aromatic carbocycles. The van der Waals surface area contributed by atoms with Crippen molar-refractivity contribution in [1.82, 2.24) is 15.0 Å². The summed E-state index contributed by atoms with van der Waals surface area (Å²) in [5, 5.41) is 4.11. The van der Waals surface area contributed by atoms with Gasteiger partial charge in [0.05, 0.1) is 12.2 Å². The highest BCUT2D eigenvalue weighted by atomic mass is 16.5. The Labute approximate surface area is 215 Å². The third kappa shape index (κ3) is 6.35. The minimum absolute atomic E-state index is 0.0126. The fourth-order valence-corrected chi connectivity index (χ4v) is 5.12. The summed E-state index contributed by atoms with van der Waals surface area (Å²) in [4.78, 5) is 18.0. The molecule has 1 aliphatic heterocycles. The number of ether oxygens (including phenoxy) is 1. The van der Waals surface area contributed by atoms with Crippen LogP contribution in [0.15, 0.2) is 53.1 Å². The maximum atomic E-state index is 13.6. The number of hydrogen-bond donors (Lipinski definition) is 0. The zero-order chi connectivity index (χ0) is 25.5. The van der Waals surface area contributed by atoms with Crippen molar-refractivity contribution in [2.45, 2.75) is 58.9 Å². The fourth-order valence-electron chi connectivity index (χ4n) is 5.12. The van der Waals surface area contributed by atoms with Crippen molar-refractivity contribution < 1.29 is 14.1 Å². The lowest BCUT2D eigenvalue weighted by Crippen LogP contribution is -2.36. The number of carbonyl (C=O) groups is 1. The van der Waals surface area contributed by atoms with E-state index in [9.17, 15) is 4.79 Å². The standard InChI is InChI=1S/C30H39N3O3/c1-5-27-29(23(3)36-31-27)30(34)33-16-9-12-25(24-10-7-6-8-11-24)15-17-32(4)21-26-20-22(2)13-14-28(26)35-19-18-33/h6-8,10-11,13-14,20,25H,5,9,12,15-19,21H2,1-4H3. The van der Waals surface area contributed by atoms with E-state index in [4.69, 9.17) is 9.26 Å². The van der Waals surface area contributed by atoms with E-state index < -0.39 is 0 Å². The molecule has 0 aliphatic carbocycles. The number of amides is 1. The lowest BCUT2D eigenvalue weighted by Gasteiger charge is -2.27. The molecular weight excluding hydrogens is 450 g/mol. The molecule has 1 amide bonds. The molecular formula is C30H39N3O3. The molecule has 0 radical (unpaired) electrons. The highest BCUT2D eigenvalue weighted by molar-refractivity contribution is 5.96. The Hall–Kier alpha value is -3.12. The molecule has 2 heterocycles. The molecule has 4 rings (SSSR count). The van der Waals surface area contributed by atoms with E-state index in [1.165, 1.54) is 16.7 Å². The van der Waals surface area contributed by atoms with Crippen LogP contribution < -0.4 is 4.74 Å². The number of nitrogens with zero attached hydrogens (tertiary/aromatic N) is 3. The molecule has 0 bridgehead atoms. The van der Waals surface area contributed by atoms with Crippen LogP contribution in [0, 0.1) is 13.8 Å². The van der Waals surface area contributed by atoms with Crippen LogP contribution in [0.5, 0.6) is 5.75 Å². The molecule has 0 saturated heterocycles. The number of carbonyl (C=O) groups excluding carboxylic acids is 1. The summed E-state index contributed by atoms with van der Waals surface area (Å²) in [5.74, 6) is 1.92. The van der Waals surface area contributed by atoms with Gasteiger partial charge >= 0.3 is 0 Å². The number of benzene rings is 2. The lowest BCUT2D eigenvalue weighted by molar-refractivity contribution is 0.0722. The third-order valence-electron chi connectivity index (χ3n) is 7.16. The van der Waals surface area contributed by atoms with Gasteiger partial charge in [0.15, 0.2) is 0 Å². The number of aromatic nitrogens is 1. The van der Waals surface area contributed by atoms with Crippen molar-refractivity contribution in [3.8, 4) is 5.75 Å². The molecule has 6 heteroatoms. The van der Waals surface area contributed by atoms with E-state index in [2.05, 4.69) is 72.6 Å². The maximum Gasteiger partial charge on any atom is 0.259 e. The van der Waals surface area contributed by atoms with E-state index >= 15 is 0 Å². The molecule has 192 valence electrons. The fraction of sp³-hybridized carbons (Fsp3) is 0.467. The van der Waals surface area contributed by atoms with Gasteiger partial charge in [0.1, 0.15) is 23.7 Å². The first-order chi connectivity index (χ1) is 17.5. The topological polar surface area (TPSA) is 58.8 Å². The van der Waals surface area contributed by atoms with Crippen LogP contribution in [0.3, 0.4) is 0 Å². The number of fused-ring (bicyclic) bond motifs is 1. The van der Waals surface area contributed by atoms with Gasteiger partial charge < -0.3 is 19.1 Å². The van der Waals surface area contributed by atoms with Gasteiger partial charge in [-0.2, -0.15) is 0 Å². The summed E-state index contributed by atoms with van der Waals surface area (Å²) in [6, 6.07) is 17.1. The minimum atomic E-state index is -0.0126. The predicted molar refractivity (Wildman–Crippen MR) is 143 cm³/mol. The van der Waals surface area contributed by atoms with Crippen LogP contribution in [0.25, 0.3) is 0 Å². The van der Waals surface area contributed by atoms with Crippen LogP contribution in [0.1, 0.15) is 70.6 Å². The van der Waals surface area contributed by atoms with Crippen molar-refractivity contribution in [2.24, 2.45) is 0 Å². The van der Waals surface area contributed by atoms with Crippen molar-refractivity contribution >= 4 is 5.91 Å². The molecule has 0 N–H and O–H groups in total. The molecule has 0 fully saturated rings. The Morgan fingerprint density at radius 1 is 1.06 bits per heavy atom. The monoisotopic (exact) mass is 489 g/mol. The molecule has 3 aromatic rings. The van der Waals surface area contributed by atoms with Gasteiger partial charge in [0.2, 0.25) is 0 Å². The molecule has 1 atom stereocenters. The molecule has 0 spiro atoms. The Balaban J connectivity index is 1.60. The average Bonchev–Trinajstić information content (AvgIpc) is 3.26. The predicted octanol–water partition coefficient (Wildman–Crippen LogP) is 5.77. The Morgan fingerprint density at radius 3 is 2.64 bits per heavy atom. The summed E-state index contributed by atoms with van der Waals surface area (Å²) in [6.45, 7) is 9.41. The number of aryl methyl sites for hydroxylation is 3. The van der Waals surface area contributed by atoms with Crippen molar-refractivity contribution in [3.05, 3.63) is 82.2 Å². The maximum absolute atomic E-state index is 13.6. The first-order valence-electron chi connectivity index (χ1n) is 13.2. The van der Waals surface area contributed by atoms with Gasteiger partial charge in [0, 0.05) is 18.7 Å². The lowest BCUT2D eigenvalue weighted by atomic mass is 9.90. The normalized spacial score (nSPS) is 18.2. The van der Waals surface area contributed by atoms with E-state index in [0.29, 0.717) is 43.4 Å². The Bertz CT molecular complexity index is 1140. The van der Waals surface area contributed by atoms with Gasteiger partial charge in [0.25, 0.3) is 5.91 Å². The van der Waals surface area contributed by atoms with Gasteiger partial charge in [-0.15, -0.1) is 0 Å². The van der Waals surface area contributed by atoms with E-state index in [-0.39, 0.29) is 5.91 Å². The molecule has 6 nitrogen and oxygen atoms in total. The van der Waals surface area contributed by atoms with Crippen molar-refractivity contribution in [1.29, 1.82) is 0 Å². The summed E-state index contributed by atoms with van der Waals surface area (Å²) in [7, 11) is 2.19. The quantitative estimate of drug-likeness (QED) is 0.467. The Kier molecular flexibility index (Phi) is 8.81. The molecule has 1 aromatic heterocycles. The van der Waals surface area contributed by atoms with Crippen molar-refractivity contribution in [2.75, 3.05) is 33.3 Å². The Morgan fingerprint density at radius 2 is 1.86 bits per heavy atom. The highest BCUT2D eigenvalue weighted by Crippen LogP contribution is 2.28. The highest BCUT2D eigenvalue weighted by Gasteiger charge is 2.25. The van der Waals surface area contributed by atoms with Crippen LogP contribution >= 0.6 is 0 Å². The second kappa shape index (κ2) is 12.2. The average molecular weight is 490 g/mol. The third-order valence-corrected chi connectivity index (χ3v) is 7.16. The van der Waals surface area contributed by atoms with Gasteiger partial charge in [-0.1, -0.05) is 60.1 Å². The number of rotatable bonds is 3. The van der Waals surface area contributed by atoms with Crippen LogP contribution in [0.2, 0.25) is 0 Å². The molecule has 36 heavy (non-hydrogen) atoms. The first kappa shape index (κ1) is 26.0. The summed E-state index contributed by atoms with van der Waals surface area (Å²) >= 11 is 0. The number of hydrogen-bond acceptors (Lipinski definition) is 5. The van der Waals surface area contributed by atoms with E-state index in [1.807, 2.05) is 18.7 Å².